The number of benzene rings is 1. The van der Waals surface area contributed by atoms with Crippen molar-refractivity contribution in [2.24, 2.45) is 5.92 Å². The fraction of sp³-hybridized carbons (Fsp3) is 0.500. The van der Waals surface area contributed by atoms with Crippen LogP contribution in [0.2, 0.25) is 0 Å². The molecular weight excluding hydrogens is 452 g/mol. The highest BCUT2D eigenvalue weighted by atomic mass is 79.9. The first-order chi connectivity index (χ1) is 14.1. The molecule has 1 saturated heterocycles. The van der Waals surface area contributed by atoms with Gasteiger partial charge in [-0.15, -0.1) is 10.2 Å². The topological polar surface area (TPSA) is 67.2 Å². The summed E-state index contributed by atoms with van der Waals surface area (Å²) in [5, 5.41) is 16.5. The number of carbonyl (C=O) groups is 1. The van der Waals surface area contributed by atoms with Gasteiger partial charge in [-0.25, -0.2) is 4.68 Å². The number of hydrogen-bond acceptors (Lipinski definition) is 7. The van der Waals surface area contributed by atoms with Crippen LogP contribution in [0.25, 0.3) is 16.0 Å². The van der Waals surface area contributed by atoms with Gasteiger partial charge < -0.3 is 9.69 Å². The van der Waals surface area contributed by atoms with Gasteiger partial charge in [0.25, 0.3) is 0 Å². The van der Waals surface area contributed by atoms with E-state index in [2.05, 4.69) is 53.2 Å². The molecule has 2 fully saturated rings. The highest BCUT2D eigenvalue weighted by molar-refractivity contribution is 9.10. The average molecular weight is 475 g/mol. The number of hydrogen-bond donors (Lipinski definition) is 0. The maximum Gasteiger partial charge on any atom is 0.233 e. The summed E-state index contributed by atoms with van der Waals surface area (Å²) >= 11 is 5.33. The third-order valence-corrected chi connectivity index (χ3v) is 7.18. The smallest absolute Gasteiger partial charge is 0.233 e. The van der Waals surface area contributed by atoms with E-state index < -0.39 is 0 Å². The molecular formula is C20H23BrN6OS. The summed E-state index contributed by atoms with van der Waals surface area (Å²) in [6.45, 7) is 6.61. The second-order valence-electron chi connectivity index (χ2n) is 8.01. The van der Waals surface area contributed by atoms with E-state index in [1.165, 1.54) is 18.5 Å². The van der Waals surface area contributed by atoms with E-state index in [9.17, 15) is 4.79 Å². The standard InChI is InChI=1S/C20H23BrN6OS/c1-13(12-28)11-25-4-6-26(7-5-25)17-8-15(21)9-18-16(17)10-22-27(18)20-24-23-19(29-20)14-2-3-14/h8-10,12-14H,2-7,11H2,1H3/t13-/m0/s1. The number of nitrogens with zero attached hydrogens (tertiary/aromatic N) is 6. The molecule has 0 amide bonds. The van der Waals surface area contributed by atoms with Crippen LogP contribution < -0.4 is 4.90 Å². The molecule has 152 valence electrons. The second kappa shape index (κ2) is 7.77. The fourth-order valence-electron chi connectivity index (χ4n) is 3.92. The molecule has 2 aromatic heterocycles. The summed E-state index contributed by atoms with van der Waals surface area (Å²) in [5.41, 5.74) is 2.24. The highest BCUT2D eigenvalue weighted by Crippen LogP contribution is 2.42. The number of rotatable bonds is 6. The Morgan fingerprint density at radius 2 is 2.03 bits per heavy atom. The number of aldehydes is 1. The quantitative estimate of drug-likeness (QED) is 0.509. The Morgan fingerprint density at radius 1 is 1.24 bits per heavy atom. The minimum atomic E-state index is 0.0878. The van der Waals surface area contributed by atoms with Crippen molar-refractivity contribution in [3.05, 3.63) is 27.8 Å². The van der Waals surface area contributed by atoms with Crippen LogP contribution in [-0.4, -0.2) is 63.9 Å². The number of aromatic nitrogens is 4. The third-order valence-electron chi connectivity index (χ3n) is 5.66. The number of piperazine rings is 1. The Bertz CT molecular complexity index is 1040. The lowest BCUT2D eigenvalue weighted by atomic mass is 10.1. The molecule has 0 radical (unpaired) electrons. The molecule has 5 rings (SSSR count). The highest BCUT2D eigenvalue weighted by Gasteiger charge is 2.28. The molecule has 1 saturated carbocycles. The van der Waals surface area contributed by atoms with E-state index in [0.29, 0.717) is 5.92 Å². The molecule has 3 aromatic rings. The zero-order valence-electron chi connectivity index (χ0n) is 16.3. The van der Waals surface area contributed by atoms with Gasteiger partial charge in [-0.05, 0) is 25.0 Å². The van der Waals surface area contributed by atoms with E-state index >= 15 is 0 Å². The predicted octanol–water partition coefficient (Wildman–Crippen LogP) is 3.47. The minimum Gasteiger partial charge on any atom is -0.368 e. The van der Waals surface area contributed by atoms with Crippen LogP contribution in [0.15, 0.2) is 22.8 Å². The lowest BCUT2D eigenvalue weighted by molar-refractivity contribution is -0.111. The first-order valence-corrected chi connectivity index (χ1v) is 11.7. The molecule has 0 bridgehead atoms. The van der Waals surface area contributed by atoms with Crippen molar-refractivity contribution < 1.29 is 4.79 Å². The molecule has 0 N–H and O–H groups in total. The largest absolute Gasteiger partial charge is 0.368 e. The summed E-state index contributed by atoms with van der Waals surface area (Å²) in [7, 11) is 0. The summed E-state index contributed by atoms with van der Waals surface area (Å²) in [5.74, 6) is 0.688. The Morgan fingerprint density at radius 3 is 2.76 bits per heavy atom. The molecule has 0 spiro atoms. The molecule has 9 heteroatoms. The molecule has 29 heavy (non-hydrogen) atoms. The van der Waals surface area contributed by atoms with Gasteiger partial charge >= 0.3 is 0 Å². The molecule has 2 aliphatic rings. The Labute approximate surface area is 181 Å². The molecule has 1 aliphatic carbocycles. The van der Waals surface area contributed by atoms with Crippen molar-refractivity contribution in [1.82, 2.24) is 24.9 Å². The number of halogens is 1. The van der Waals surface area contributed by atoms with Gasteiger partial charge in [0.1, 0.15) is 11.3 Å². The van der Waals surface area contributed by atoms with Crippen LogP contribution in [0.1, 0.15) is 30.7 Å². The lowest BCUT2D eigenvalue weighted by Crippen LogP contribution is -2.47. The molecule has 1 aromatic carbocycles. The van der Waals surface area contributed by atoms with Crippen molar-refractivity contribution in [1.29, 1.82) is 0 Å². The van der Waals surface area contributed by atoms with E-state index in [1.54, 1.807) is 11.3 Å². The van der Waals surface area contributed by atoms with Gasteiger partial charge in [0.05, 0.1) is 11.7 Å². The summed E-state index contributed by atoms with van der Waals surface area (Å²) in [6.07, 6.45) is 5.43. The Balaban J connectivity index is 1.41. The average Bonchev–Trinajstić information content (AvgIpc) is 3.31. The van der Waals surface area contributed by atoms with Crippen LogP contribution in [0.3, 0.4) is 0 Å². The predicted molar refractivity (Wildman–Crippen MR) is 118 cm³/mol. The number of anilines is 1. The normalized spacial score (nSPS) is 19.0. The molecule has 3 heterocycles. The number of carbonyl (C=O) groups excluding carboxylic acids is 1. The van der Waals surface area contributed by atoms with Crippen LogP contribution in [0.5, 0.6) is 0 Å². The monoisotopic (exact) mass is 474 g/mol. The van der Waals surface area contributed by atoms with Crippen molar-refractivity contribution in [3.8, 4) is 5.13 Å². The lowest BCUT2D eigenvalue weighted by Gasteiger charge is -2.37. The maximum atomic E-state index is 10.9. The van der Waals surface area contributed by atoms with E-state index in [4.69, 9.17) is 0 Å². The second-order valence-corrected chi connectivity index (χ2v) is 9.92. The van der Waals surface area contributed by atoms with Crippen LogP contribution in [0, 0.1) is 5.92 Å². The van der Waals surface area contributed by atoms with Gasteiger partial charge in [-0.2, -0.15) is 5.10 Å². The minimum absolute atomic E-state index is 0.0878. The van der Waals surface area contributed by atoms with Gasteiger partial charge in [0.2, 0.25) is 5.13 Å². The molecule has 1 aliphatic heterocycles. The van der Waals surface area contributed by atoms with Crippen molar-refractivity contribution in [3.63, 3.8) is 0 Å². The summed E-state index contributed by atoms with van der Waals surface area (Å²) in [6, 6.07) is 4.28. The zero-order valence-corrected chi connectivity index (χ0v) is 18.7. The zero-order chi connectivity index (χ0) is 20.0. The number of fused-ring (bicyclic) bond motifs is 1. The summed E-state index contributed by atoms with van der Waals surface area (Å²) in [4.78, 5) is 15.7. The van der Waals surface area contributed by atoms with Crippen LogP contribution in [0.4, 0.5) is 5.69 Å². The maximum absolute atomic E-state index is 10.9. The van der Waals surface area contributed by atoms with Crippen molar-refractivity contribution in [2.45, 2.75) is 25.7 Å². The first kappa shape index (κ1) is 19.1. The molecule has 7 nitrogen and oxygen atoms in total. The Kier molecular flexibility index (Phi) is 5.13. The Hall–Kier alpha value is -1.84. The molecule has 0 unspecified atom stereocenters. The van der Waals surface area contributed by atoms with Gasteiger partial charge in [-0.3, -0.25) is 4.90 Å². The van der Waals surface area contributed by atoms with E-state index in [0.717, 1.165) is 64.5 Å². The van der Waals surface area contributed by atoms with Crippen molar-refractivity contribution >= 4 is 50.1 Å². The van der Waals surface area contributed by atoms with Crippen molar-refractivity contribution in [2.75, 3.05) is 37.6 Å². The van der Waals surface area contributed by atoms with Gasteiger partial charge in [-0.1, -0.05) is 34.2 Å². The first-order valence-electron chi connectivity index (χ1n) is 10.1. The summed E-state index contributed by atoms with van der Waals surface area (Å²) < 4.78 is 2.94. The fourth-order valence-corrected chi connectivity index (χ4v) is 5.34. The van der Waals surface area contributed by atoms with E-state index in [-0.39, 0.29) is 5.92 Å². The van der Waals surface area contributed by atoms with Gasteiger partial charge in [0.15, 0.2) is 0 Å². The van der Waals surface area contributed by atoms with Crippen LogP contribution in [-0.2, 0) is 4.79 Å². The molecule has 1 atom stereocenters. The van der Waals surface area contributed by atoms with Crippen LogP contribution >= 0.6 is 27.3 Å². The third kappa shape index (κ3) is 3.83. The van der Waals surface area contributed by atoms with Gasteiger partial charge in [0, 0.05) is 60.1 Å². The SMILES string of the molecule is C[C@H](C=O)CN1CCN(c2cc(Br)cc3c2cnn3-c2nnc(C3CC3)s2)CC1. The van der Waals surface area contributed by atoms with E-state index in [1.807, 2.05) is 17.8 Å².